The minimum absolute atomic E-state index is 0.195. The fraction of sp³-hybridized carbons (Fsp3) is 0.200. The van der Waals surface area contributed by atoms with E-state index in [2.05, 4.69) is 47.8 Å². The fourth-order valence-corrected chi connectivity index (χ4v) is 3.40. The van der Waals surface area contributed by atoms with Gasteiger partial charge in [0.15, 0.2) is 0 Å². The first-order valence-corrected chi connectivity index (χ1v) is 7.79. The number of fused-ring (bicyclic) bond motifs is 3. The van der Waals surface area contributed by atoms with Crippen molar-refractivity contribution in [2.45, 2.75) is 12.5 Å². The Bertz CT molecular complexity index is 873. The Morgan fingerprint density at radius 2 is 1.83 bits per heavy atom. The first-order valence-electron chi connectivity index (χ1n) is 7.79. The molecule has 3 aromatic carbocycles. The summed E-state index contributed by atoms with van der Waals surface area (Å²) < 4.78 is 10.9. The van der Waals surface area contributed by atoms with Gasteiger partial charge in [-0.3, -0.25) is 0 Å². The highest BCUT2D eigenvalue weighted by Gasteiger charge is 2.26. The Balaban J connectivity index is 1.77. The standard InChI is InChI=1S/C20H19NO2/c1-22-15-9-10-19(23-2)17(12-15)18-11-14-8-7-13-5-3-4-6-16(13)20(14)21-18/h3-10,12,18,21H,11H2,1-2H3. The van der Waals surface area contributed by atoms with Crippen LogP contribution < -0.4 is 14.8 Å². The molecule has 4 rings (SSSR count). The van der Waals surface area contributed by atoms with Gasteiger partial charge in [-0.1, -0.05) is 36.4 Å². The van der Waals surface area contributed by atoms with Gasteiger partial charge >= 0.3 is 0 Å². The molecule has 0 amide bonds. The van der Waals surface area contributed by atoms with Crippen LogP contribution in [-0.4, -0.2) is 14.2 Å². The number of ether oxygens (including phenoxy) is 2. The van der Waals surface area contributed by atoms with Gasteiger partial charge in [-0.15, -0.1) is 0 Å². The number of methoxy groups -OCH3 is 2. The number of hydrogen-bond donors (Lipinski definition) is 1. The minimum atomic E-state index is 0.195. The molecule has 3 nitrogen and oxygen atoms in total. The van der Waals surface area contributed by atoms with Gasteiger partial charge in [-0.2, -0.15) is 0 Å². The van der Waals surface area contributed by atoms with Gasteiger partial charge in [0.25, 0.3) is 0 Å². The predicted molar refractivity (Wildman–Crippen MR) is 93.6 cm³/mol. The van der Waals surface area contributed by atoms with Crippen molar-refractivity contribution in [1.29, 1.82) is 0 Å². The zero-order chi connectivity index (χ0) is 15.8. The van der Waals surface area contributed by atoms with Crippen LogP contribution in [0, 0.1) is 0 Å². The molecule has 1 heterocycles. The Morgan fingerprint density at radius 3 is 2.65 bits per heavy atom. The van der Waals surface area contributed by atoms with E-state index in [-0.39, 0.29) is 6.04 Å². The van der Waals surface area contributed by atoms with Crippen molar-refractivity contribution >= 4 is 16.5 Å². The van der Waals surface area contributed by atoms with Gasteiger partial charge in [0, 0.05) is 16.6 Å². The summed E-state index contributed by atoms with van der Waals surface area (Å²) >= 11 is 0. The van der Waals surface area contributed by atoms with Crippen molar-refractivity contribution in [3.63, 3.8) is 0 Å². The van der Waals surface area contributed by atoms with Gasteiger partial charge in [0.2, 0.25) is 0 Å². The SMILES string of the molecule is COc1ccc(OC)c(C2Cc3ccc4ccccc4c3N2)c1. The monoisotopic (exact) mass is 305 g/mol. The van der Waals surface area contributed by atoms with E-state index in [0.717, 1.165) is 23.5 Å². The van der Waals surface area contributed by atoms with Crippen molar-refractivity contribution in [1.82, 2.24) is 0 Å². The van der Waals surface area contributed by atoms with Crippen LogP contribution in [0.3, 0.4) is 0 Å². The third-order valence-electron chi connectivity index (χ3n) is 4.57. The molecule has 1 aliphatic rings. The summed E-state index contributed by atoms with van der Waals surface area (Å²) in [6.07, 6.45) is 0.948. The minimum Gasteiger partial charge on any atom is -0.497 e. The van der Waals surface area contributed by atoms with E-state index < -0.39 is 0 Å². The van der Waals surface area contributed by atoms with Crippen LogP contribution in [0.5, 0.6) is 11.5 Å². The van der Waals surface area contributed by atoms with Gasteiger partial charge < -0.3 is 14.8 Å². The lowest BCUT2D eigenvalue weighted by Crippen LogP contribution is -2.08. The highest BCUT2D eigenvalue weighted by Crippen LogP contribution is 2.42. The second-order valence-corrected chi connectivity index (χ2v) is 5.83. The van der Waals surface area contributed by atoms with Gasteiger partial charge in [-0.25, -0.2) is 0 Å². The summed E-state index contributed by atoms with van der Waals surface area (Å²) in [6.45, 7) is 0. The molecule has 3 aromatic rings. The zero-order valence-electron chi connectivity index (χ0n) is 13.3. The molecule has 0 saturated heterocycles. The maximum atomic E-state index is 5.55. The summed E-state index contributed by atoms with van der Waals surface area (Å²) in [5.41, 5.74) is 3.71. The van der Waals surface area contributed by atoms with E-state index in [0.29, 0.717) is 0 Å². The number of nitrogens with one attached hydrogen (secondary N) is 1. The van der Waals surface area contributed by atoms with Crippen LogP contribution in [0.1, 0.15) is 17.2 Å². The van der Waals surface area contributed by atoms with Gasteiger partial charge in [0.05, 0.1) is 20.3 Å². The first kappa shape index (κ1) is 13.9. The van der Waals surface area contributed by atoms with Gasteiger partial charge in [-0.05, 0) is 35.6 Å². The van der Waals surface area contributed by atoms with Crippen molar-refractivity contribution < 1.29 is 9.47 Å². The molecule has 116 valence electrons. The van der Waals surface area contributed by atoms with Crippen LogP contribution in [0.25, 0.3) is 10.8 Å². The molecule has 1 atom stereocenters. The number of hydrogen-bond acceptors (Lipinski definition) is 3. The Kier molecular flexibility index (Phi) is 3.34. The molecule has 0 spiro atoms. The lowest BCUT2D eigenvalue weighted by molar-refractivity contribution is 0.396. The zero-order valence-corrected chi connectivity index (χ0v) is 13.3. The lowest BCUT2D eigenvalue weighted by atomic mass is 10.00. The van der Waals surface area contributed by atoms with E-state index in [9.17, 15) is 0 Å². The number of anilines is 1. The lowest BCUT2D eigenvalue weighted by Gasteiger charge is -2.17. The molecule has 0 bridgehead atoms. The summed E-state index contributed by atoms with van der Waals surface area (Å²) in [5, 5.41) is 6.22. The summed E-state index contributed by atoms with van der Waals surface area (Å²) in [6, 6.07) is 19.1. The van der Waals surface area contributed by atoms with Gasteiger partial charge in [0.1, 0.15) is 11.5 Å². The van der Waals surface area contributed by atoms with Crippen molar-refractivity contribution in [3.8, 4) is 11.5 Å². The van der Waals surface area contributed by atoms with E-state index >= 15 is 0 Å². The van der Waals surface area contributed by atoms with E-state index in [1.807, 2.05) is 12.1 Å². The van der Waals surface area contributed by atoms with Crippen LogP contribution in [0.4, 0.5) is 5.69 Å². The average Bonchev–Trinajstić information content (AvgIpc) is 3.05. The second-order valence-electron chi connectivity index (χ2n) is 5.83. The molecule has 1 unspecified atom stereocenters. The first-order chi connectivity index (χ1) is 11.3. The maximum Gasteiger partial charge on any atom is 0.124 e. The molecule has 0 aromatic heterocycles. The number of rotatable bonds is 3. The number of benzene rings is 3. The normalized spacial score (nSPS) is 16.0. The fourth-order valence-electron chi connectivity index (χ4n) is 3.40. The largest absolute Gasteiger partial charge is 0.497 e. The Hall–Kier alpha value is -2.68. The van der Waals surface area contributed by atoms with Crippen LogP contribution in [0.15, 0.2) is 54.6 Å². The molecule has 0 fully saturated rings. The highest BCUT2D eigenvalue weighted by molar-refractivity contribution is 5.96. The molecule has 0 radical (unpaired) electrons. The summed E-state index contributed by atoms with van der Waals surface area (Å²) in [4.78, 5) is 0. The summed E-state index contributed by atoms with van der Waals surface area (Å²) in [7, 11) is 3.40. The van der Waals surface area contributed by atoms with E-state index in [4.69, 9.17) is 9.47 Å². The predicted octanol–water partition coefficient (Wildman–Crippen LogP) is 4.57. The Morgan fingerprint density at radius 1 is 0.957 bits per heavy atom. The average molecular weight is 305 g/mol. The Labute approximate surface area is 135 Å². The van der Waals surface area contributed by atoms with Crippen LogP contribution >= 0.6 is 0 Å². The quantitative estimate of drug-likeness (QED) is 0.769. The van der Waals surface area contributed by atoms with E-state index in [1.165, 1.54) is 22.0 Å². The molecule has 1 aliphatic heterocycles. The van der Waals surface area contributed by atoms with Crippen molar-refractivity contribution in [3.05, 3.63) is 65.7 Å². The molecule has 0 aliphatic carbocycles. The summed E-state index contributed by atoms with van der Waals surface area (Å²) in [5.74, 6) is 1.74. The van der Waals surface area contributed by atoms with Crippen molar-refractivity contribution in [2.75, 3.05) is 19.5 Å². The van der Waals surface area contributed by atoms with Crippen LogP contribution in [0.2, 0.25) is 0 Å². The smallest absolute Gasteiger partial charge is 0.124 e. The van der Waals surface area contributed by atoms with E-state index in [1.54, 1.807) is 14.2 Å². The third-order valence-corrected chi connectivity index (χ3v) is 4.57. The second kappa shape index (κ2) is 5.51. The van der Waals surface area contributed by atoms with Crippen molar-refractivity contribution in [2.24, 2.45) is 0 Å². The van der Waals surface area contributed by atoms with Crippen LogP contribution in [-0.2, 0) is 6.42 Å². The third kappa shape index (κ3) is 2.29. The molecular formula is C20H19NO2. The molecular weight excluding hydrogens is 286 g/mol. The molecule has 3 heteroatoms. The molecule has 23 heavy (non-hydrogen) atoms. The molecule has 0 saturated carbocycles. The maximum absolute atomic E-state index is 5.55. The highest BCUT2D eigenvalue weighted by atomic mass is 16.5. The topological polar surface area (TPSA) is 30.5 Å². The molecule has 1 N–H and O–H groups in total.